The van der Waals surface area contributed by atoms with Gasteiger partial charge in [-0.2, -0.15) is 0 Å². The van der Waals surface area contributed by atoms with E-state index in [2.05, 4.69) is 0 Å². The average molecular weight is 254 g/mol. The van der Waals surface area contributed by atoms with Crippen molar-refractivity contribution in [2.24, 2.45) is 0 Å². The third-order valence-electron chi connectivity index (χ3n) is 2.92. The van der Waals surface area contributed by atoms with Crippen molar-refractivity contribution in [2.45, 2.75) is 25.9 Å². The molecular weight excluding hydrogens is 236 g/mol. The summed E-state index contributed by atoms with van der Waals surface area (Å²) in [6, 6.07) is 16.7. The minimum atomic E-state index is -0.826. The molecule has 0 radical (unpaired) electrons. The zero-order chi connectivity index (χ0) is 13.9. The highest BCUT2D eigenvalue weighted by molar-refractivity contribution is 6.09. The Kier molecular flexibility index (Phi) is 3.82. The Morgan fingerprint density at radius 1 is 1.00 bits per heavy atom. The SMILES string of the molecule is CC(C)(O)Cc1ccccc1C(=O)c1ccccc1. The zero-order valence-electron chi connectivity index (χ0n) is 11.3. The Labute approximate surface area is 113 Å². The maximum Gasteiger partial charge on any atom is 0.193 e. The molecule has 0 aliphatic rings. The number of carbonyl (C=O) groups excluding carboxylic acids is 1. The van der Waals surface area contributed by atoms with Crippen molar-refractivity contribution in [1.82, 2.24) is 0 Å². The lowest BCUT2D eigenvalue weighted by Crippen LogP contribution is -2.23. The van der Waals surface area contributed by atoms with Gasteiger partial charge in [-0.1, -0.05) is 54.6 Å². The van der Waals surface area contributed by atoms with E-state index >= 15 is 0 Å². The first-order chi connectivity index (χ1) is 8.97. The van der Waals surface area contributed by atoms with Crippen LogP contribution in [0.25, 0.3) is 0 Å². The van der Waals surface area contributed by atoms with Gasteiger partial charge >= 0.3 is 0 Å². The van der Waals surface area contributed by atoms with Gasteiger partial charge in [-0.05, 0) is 19.4 Å². The fraction of sp³-hybridized carbons (Fsp3) is 0.235. The van der Waals surface area contributed by atoms with Crippen LogP contribution in [0.15, 0.2) is 54.6 Å². The van der Waals surface area contributed by atoms with Crippen LogP contribution in [0, 0.1) is 0 Å². The van der Waals surface area contributed by atoms with Gasteiger partial charge in [0.05, 0.1) is 5.60 Å². The molecule has 2 heteroatoms. The summed E-state index contributed by atoms with van der Waals surface area (Å²) in [5.41, 5.74) is 1.39. The molecule has 0 amide bonds. The summed E-state index contributed by atoms with van der Waals surface area (Å²) in [4.78, 5) is 12.5. The van der Waals surface area contributed by atoms with Crippen LogP contribution in [-0.4, -0.2) is 16.5 Å². The topological polar surface area (TPSA) is 37.3 Å². The zero-order valence-corrected chi connectivity index (χ0v) is 11.3. The van der Waals surface area contributed by atoms with Crippen LogP contribution < -0.4 is 0 Å². The molecule has 0 bridgehead atoms. The Balaban J connectivity index is 2.38. The van der Waals surface area contributed by atoms with Gasteiger partial charge in [0.2, 0.25) is 0 Å². The number of hydrogen-bond acceptors (Lipinski definition) is 2. The van der Waals surface area contributed by atoms with Gasteiger partial charge < -0.3 is 5.11 Å². The summed E-state index contributed by atoms with van der Waals surface area (Å²) < 4.78 is 0. The van der Waals surface area contributed by atoms with Crippen LogP contribution in [0.3, 0.4) is 0 Å². The predicted octanol–water partition coefficient (Wildman–Crippen LogP) is 3.23. The quantitative estimate of drug-likeness (QED) is 0.850. The third kappa shape index (κ3) is 3.52. The van der Waals surface area contributed by atoms with E-state index in [1.165, 1.54) is 0 Å². The lowest BCUT2D eigenvalue weighted by Gasteiger charge is -2.19. The fourth-order valence-corrected chi connectivity index (χ4v) is 2.11. The second-order valence-electron chi connectivity index (χ2n) is 5.34. The van der Waals surface area contributed by atoms with Crippen molar-refractivity contribution in [3.8, 4) is 0 Å². The number of ketones is 1. The van der Waals surface area contributed by atoms with E-state index in [9.17, 15) is 9.90 Å². The smallest absolute Gasteiger partial charge is 0.193 e. The molecule has 2 aromatic carbocycles. The predicted molar refractivity (Wildman–Crippen MR) is 76.3 cm³/mol. The minimum absolute atomic E-state index is 0.000417. The van der Waals surface area contributed by atoms with Crippen LogP contribution in [0.5, 0.6) is 0 Å². The molecule has 0 saturated heterocycles. The van der Waals surface area contributed by atoms with Crippen LogP contribution >= 0.6 is 0 Å². The minimum Gasteiger partial charge on any atom is -0.390 e. The molecule has 0 unspecified atom stereocenters. The average Bonchev–Trinajstić information content (AvgIpc) is 2.38. The molecule has 2 rings (SSSR count). The lowest BCUT2D eigenvalue weighted by molar-refractivity contribution is 0.0806. The lowest BCUT2D eigenvalue weighted by atomic mass is 9.91. The molecule has 0 heterocycles. The van der Waals surface area contributed by atoms with Crippen molar-refractivity contribution >= 4 is 5.78 Å². The number of carbonyl (C=O) groups is 1. The van der Waals surface area contributed by atoms with Gasteiger partial charge in [0.25, 0.3) is 0 Å². The van der Waals surface area contributed by atoms with Crippen molar-refractivity contribution in [3.63, 3.8) is 0 Å². The van der Waals surface area contributed by atoms with Crippen LogP contribution in [-0.2, 0) is 6.42 Å². The van der Waals surface area contributed by atoms with Crippen molar-refractivity contribution in [1.29, 1.82) is 0 Å². The van der Waals surface area contributed by atoms with E-state index in [-0.39, 0.29) is 5.78 Å². The van der Waals surface area contributed by atoms with E-state index in [0.717, 1.165) is 5.56 Å². The van der Waals surface area contributed by atoms with E-state index in [4.69, 9.17) is 0 Å². The maximum absolute atomic E-state index is 12.5. The highest BCUT2D eigenvalue weighted by Crippen LogP contribution is 2.19. The third-order valence-corrected chi connectivity index (χ3v) is 2.92. The molecule has 0 aliphatic heterocycles. The molecule has 0 spiro atoms. The molecular formula is C17H18O2. The number of rotatable bonds is 4. The summed E-state index contributed by atoms with van der Waals surface area (Å²) in [6.45, 7) is 3.49. The number of benzene rings is 2. The van der Waals surface area contributed by atoms with Gasteiger partial charge in [0.15, 0.2) is 5.78 Å². The molecule has 1 N–H and O–H groups in total. The summed E-state index contributed by atoms with van der Waals surface area (Å²) in [6.07, 6.45) is 0.460. The van der Waals surface area contributed by atoms with Gasteiger partial charge in [-0.15, -0.1) is 0 Å². The summed E-state index contributed by atoms with van der Waals surface area (Å²) in [5, 5.41) is 9.94. The van der Waals surface area contributed by atoms with E-state index < -0.39 is 5.60 Å². The van der Waals surface area contributed by atoms with Gasteiger partial charge in [-0.25, -0.2) is 0 Å². The van der Waals surface area contributed by atoms with E-state index in [0.29, 0.717) is 17.5 Å². The summed E-state index contributed by atoms with van der Waals surface area (Å²) in [7, 11) is 0. The molecule has 2 nitrogen and oxygen atoms in total. The van der Waals surface area contributed by atoms with Crippen LogP contribution in [0.4, 0.5) is 0 Å². The van der Waals surface area contributed by atoms with Crippen LogP contribution in [0.2, 0.25) is 0 Å². The second kappa shape index (κ2) is 5.37. The van der Waals surface area contributed by atoms with Crippen LogP contribution in [0.1, 0.15) is 35.3 Å². The highest BCUT2D eigenvalue weighted by atomic mass is 16.3. The largest absolute Gasteiger partial charge is 0.390 e. The van der Waals surface area contributed by atoms with Crippen molar-refractivity contribution in [3.05, 3.63) is 71.3 Å². The summed E-state index contributed by atoms with van der Waals surface area (Å²) in [5.74, 6) is 0.000417. The first-order valence-electron chi connectivity index (χ1n) is 6.37. The molecule has 19 heavy (non-hydrogen) atoms. The van der Waals surface area contributed by atoms with E-state index in [1.807, 2.05) is 54.6 Å². The fourth-order valence-electron chi connectivity index (χ4n) is 2.11. The standard InChI is InChI=1S/C17H18O2/c1-17(2,19)12-14-10-6-7-11-15(14)16(18)13-8-4-3-5-9-13/h3-11,19H,12H2,1-2H3. The molecule has 98 valence electrons. The van der Waals surface area contributed by atoms with Crippen molar-refractivity contribution in [2.75, 3.05) is 0 Å². The Hall–Kier alpha value is -1.93. The summed E-state index contributed by atoms with van der Waals surface area (Å²) >= 11 is 0. The van der Waals surface area contributed by atoms with Crippen molar-refractivity contribution < 1.29 is 9.90 Å². The normalized spacial score (nSPS) is 11.3. The van der Waals surface area contributed by atoms with Gasteiger partial charge in [-0.3, -0.25) is 4.79 Å². The first kappa shape index (κ1) is 13.5. The molecule has 2 aromatic rings. The Morgan fingerprint density at radius 2 is 1.58 bits per heavy atom. The first-order valence-corrected chi connectivity index (χ1v) is 6.37. The van der Waals surface area contributed by atoms with E-state index in [1.54, 1.807) is 13.8 Å². The van der Waals surface area contributed by atoms with Gasteiger partial charge in [0.1, 0.15) is 0 Å². The molecule has 0 saturated carbocycles. The second-order valence-corrected chi connectivity index (χ2v) is 5.34. The Morgan fingerprint density at radius 3 is 2.21 bits per heavy atom. The monoisotopic (exact) mass is 254 g/mol. The molecule has 0 atom stereocenters. The molecule has 0 aliphatic carbocycles. The number of hydrogen-bond donors (Lipinski definition) is 1. The highest BCUT2D eigenvalue weighted by Gasteiger charge is 2.19. The number of aliphatic hydroxyl groups is 1. The Bertz CT molecular complexity index is 565. The van der Waals surface area contributed by atoms with Gasteiger partial charge in [0, 0.05) is 17.5 Å². The molecule has 0 aromatic heterocycles. The molecule has 0 fully saturated rings. The maximum atomic E-state index is 12.5.